The van der Waals surface area contributed by atoms with Gasteiger partial charge in [-0.05, 0) is 18.2 Å². The van der Waals surface area contributed by atoms with E-state index in [1.165, 1.54) is 21.6 Å². The summed E-state index contributed by atoms with van der Waals surface area (Å²) in [5, 5.41) is 0.0503. The first-order valence-electron chi connectivity index (χ1n) is 5.72. The van der Waals surface area contributed by atoms with Gasteiger partial charge in [0.2, 0.25) is 9.84 Å². The minimum atomic E-state index is -3.69. The van der Waals surface area contributed by atoms with E-state index in [0.29, 0.717) is 5.69 Å². The summed E-state index contributed by atoms with van der Waals surface area (Å²) in [6.45, 7) is 0. The molecule has 0 atom stereocenters. The molecule has 1 aromatic carbocycles. The molecule has 3 rings (SSSR count). The van der Waals surface area contributed by atoms with E-state index in [2.05, 4.69) is 0 Å². The second-order valence-corrected chi connectivity index (χ2v) is 6.31. The van der Waals surface area contributed by atoms with E-state index in [1.807, 2.05) is 0 Å². The van der Waals surface area contributed by atoms with Crippen molar-refractivity contribution in [3.8, 4) is 0 Å². The zero-order valence-corrected chi connectivity index (χ0v) is 11.3. The van der Waals surface area contributed by atoms with Crippen LogP contribution in [0.2, 0.25) is 0 Å². The van der Waals surface area contributed by atoms with Crippen molar-refractivity contribution in [3.05, 3.63) is 42.1 Å². The van der Waals surface area contributed by atoms with Crippen molar-refractivity contribution in [2.75, 3.05) is 11.9 Å². The third-order valence-electron chi connectivity index (χ3n) is 3.32. The van der Waals surface area contributed by atoms with Gasteiger partial charge in [-0.1, -0.05) is 12.1 Å². The molecule has 2 aromatic rings. The Morgan fingerprint density at radius 2 is 1.74 bits per heavy atom. The topological polar surface area (TPSA) is 59.4 Å². The molecule has 5 nitrogen and oxygen atoms in total. The average Bonchev–Trinajstić information content (AvgIpc) is 2.77. The Hall–Kier alpha value is -2.08. The molecule has 0 N–H and O–H groups in total. The molecule has 1 amide bonds. The van der Waals surface area contributed by atoms with Gasteiger partial charge < -0.3 is 9.47 Å². The highest BCUT2D eigenvalue weighted by molar-refractivity contribution is 7.91. The molecule has 0 saturated heterocycles. The van der Waals surface area contributed by atoms with Gasteiger partial charge in [-0.15, -0.1) is 0 Å². The summed E-state index contributed by atoms with van der Waals surface area (Å²) >= 11 is 0. The quantitative estimate of drug-likeness (QED) is 0.731. The molecule has 0 radical (unpaired) electrons. The lowest BCUT2D eigenvalue weighted by molar-refractivity contribution is 0.0990. The maximum atomic E-state index is 12.7. The smallest absolute Gasteiger partial charge is 0.260 e. The molecular weight excluding hydrogens is 264 g/mol. The summed E-state index contributed by atoms with van der Waals surface area (Å²) in [6.07, 6.45) is 1.59. The Bertz CT molecular complexity index is 790. The van der Waals surface area contributed by atoms with E-state index < -0.39 is 9.84 Å². The molecule has 0 spiro atoms. The normalized spacial score (nSPS) is 16.7. The van der Waals surface area contributed by atoms with Crippen molar-refractivity contribution in [2.45, 2.75) is 9.92 Å². The molecule has 1 aliphatic heterocycles. The number of amides is 1. The second-order valence-electron chi connectivity index (χ2n) is 4.48. The van der Waals surface area contributed by atoms with Crippen LogP contribution in [0.5, 0.6) is 0 Å². The van der Waals surface area contributed by atoms with Crippen LogP contribution in [0.25, 0.3) is 0 Å². The van der Waals surface area contributed by atoms with Crippen LogP contribution in [0.15, 0.2) is 46.5 Å². The van der Waals surface area contributed by atoms with Gasteiger partial charge >= 0.3 is 0 Å². The van der Waals surface area contributed by atoms with Gasteiger partial charge in [0.05, 0.1) is 16.1 Å². The van der Waals surface area contributed by atoms with Gasteiger partial charge in [0.1, 0.15) is 0 Å². The highest BCUT2D eigenvalue weighted by Gasteiger charge is 2.35. The number of hydrogen-bond donors (Lipinski definition) is 0. The van der Waals surface area contributed by atoms with Crippen molar-refractivity contribution in [1.82, 2.24) is 4.57 Å². The zero-order valence-electron chi connectivity index (χ0n) is 10.5. The largest absolute Gasteiger partial charge is 0.341 e. The van der Waals surface area contributed by atoms with Crippen LogP contribution >= 0.6 is 0 Å². The van der Waals surface area contributed by atoms with Gasteiger partial charge in [-0.2, -0.15) is 0 Å². The highest BCUT2D eigenvalue weighted by atomic mass is 32.2. The van der Waals surface area contributed by atoms with Gasteiger partial charge in [-0.3, -0.25) is 4.79 Å². The number of aryl methyl sites for hydroxylation is 1. The maximum absolute atomic E-state index is 12.7. The van der Waals surface area contributed by atoms with E-state index >= 15 is 0 Å². The number of rotatable bonds is 0. The van der Waals surface area contributed by atoms with E-state index in [0.717, 1.165) is 0 Å². The van der Waals surface area contributed by atoms with Crippen LogP contribution in [-0.2, 0) is 16.9 Å². The van der Waals surface area contributed by atoms with Crippen molar-refractivity contribution < 1.29 is 13.2 Å². The Kier molecular flexibility index (Phi) is 2.34. The average molecular weight is 276 g/mol. The number of carbonyl (C=O) groups excluding carboxylic acids is 1. The standard InChI is InChI=1S/C13H12N2O3S/c1-14-8-7-9-12(16)15(2)10-5-3-4-6-11(10)19(17,18)13(9)14/h3-8H,1-2H3. The maximum Gasteiger partial charge on any atom is 0.260 e. The van der Waals surface area contributed by atoms with Crippen LogP contribution in [0.1, 0.15) is 10.4 Å². The van der Waals surface area contributed by atoms with Crippen LogP contribution in [0, 0.1) is 0 Å². The molecule has 19 heavy (non-hydrogen) atoms. The fourth-order valence-corrected chi connectivity index (χ4v) is 4.20. The molecule has 98 valence electrons. The van der Waals surface area contributed by atoms with Crippen LogP contribution in [0.4, 0.5) is 5.69 Å². The molecule has 0 unspecified atom stereocenters. The van der Waals surface area contributed by atoms with Crippen molar-refractivity contribution in [1.29, 1.82) is 0 Å². The lowest BCUT2D eigenvalue weighted by Gasteiger charge is -2.16. The summed E-state index contributed by atoms with van der Waals surface area (Å²) < 4.78 is 26.8. The van der Waals surface area contributed by atoms with Crippen LogP contribution in [0.3, 0.4) is 0 Å². The van der Waals surface area contributed by atoms with Crippen molar-refractivity contribution in [3.63, 3.8) is 0 Å². The lowest BCUT2D eigenvalue weighted by atomic mass is 10.2. The van der Waals surface area contributed by atoms with Gasteiger partial charge in [0.25, 0.3) is 5.91 Å². The fraction of sp³-hybridized carbons (Fsp3) is 0.154. The summed E-state index contributed by atoms with van der Waals surface area (Å²) in [5.74, 6) is -0.316. The van der Waals surface area contributed by atoms with Gasteiger partial charge in [0, 0.05) is 20.3 Å². The molecule has 6 heteroatoms. The minimum absolute atomic E-state index is 0.0503. The Morgan fingerprint density at radius 3 is 2.47 bits per heavy atom. The van der Waals surface area contributed by atoms with Crippen LogP contribution < -0.4 is 4.90 Å². The second kappa shape index (κ2) is 3.71. The molecule has 0 saturated carbocycles. The number of aromatic nitrogens is 1. The number of fused-ring (bicyclic) bond motifs is 2. The summed E-state index contributed by atoms with van der Waals surface area (Å²) in [4.78, 5) is 13.9. The third kappa shape index (κ3) is 1.46. The first-order chi connectivity index (χ1) is 8.94. The summed E-state index contributed by atoms with van der Waals surface area (Å²) in [6, 6.07) is 8.07. The fourth-order valence-electron chi connectivity index (χ4n) is 2.37. The number of nitrogens with zero attached hydrogens (tertiary/aromatic N) is 2. The first kappa shape index (κ1) is 12.0. The molecular formula is C13H12N2O3S. The third-order valence-corrected chi connectivity index (χ3v) is 5.26. The molecule has 1 aliphatic rings. The van der Waals surface area contributed by atoms with E-state index in [4.69, 9.17) is 0 Å². The number of para-hydroxylation sites is 1. The van der Waals surface area contributed by atoms with E-state index in [9.17, 15) is 13.2 Å². The lowest BCUT2D eigenvalue weighted by Crippen LogP contribution is -2.25. The molecule has 2 heterocycles. The predicted octanol–water partition coefficient (Wildman–Crippen LogP) is 1.45. The molecule has 0 aliphatic carbocycles. The predicted molar refractivity (Wildman–Crippen MR) is 70.0 cm³/mol. The number of anilines is 1. The number of carbonyl (C=O) groups is 1. The van der Waals surface area contributed by atoms with Crippen LogP contribution in [-0.4, -0.2) is 25.9 Å². The number of benzene rings is 1. The van der Waals surface area contributed by atoms with Crippen molar-refractivity contribution >= 4 is 21.4 Å². The molecule has 0 fully saturated rings. The van der Waals surface area contributed by atoms with Gasteiger partial charge in [-0.25, -0.2) is 8.42 Å². The summed E-state index contributed by atoms with van der Waals surface area (Å²) in [5.41, 5.74) is 0.616. The Morgan fingerprint density at radius 1 is 1.05 bits per heavy atom. The minimum Gasteiger partial charge on any atom is -0.341 e. The van der Waals surface area contributed by atoms with Gasteiger partial charge in [0.15, 0.2) is 5.03 Å². The number of sulfone groups is 1. The number of hydrogen-bond acceptors (Lipinski definition) is 3. The SMILES string of the molecule is CN1C(=O)c2ccn(C)c2S(=O)(=O)c2ccccc21. The highest BCUT2D eigenvalue weighted by Crippen LogP contribution is 2.35. The molecule has 1 aromatic heterocycles. The van der Waals surface area contributed by atoms with E-state index in [1.54, 1.807) is 38.5 Å². The Labute approximate surface area is 111 Å². The monoisotopic (exact) mass is 276 g/mol. The van der Waals surface area contributed by atoms with E-state index in [-0.39, 0.29) is 21.4 Å². The first-order valence-corrected chi connectivity index (χ1v) is 7.20. The summed E-state index contributed by atoms with van der Waals surface area (Å²) in [7, 11) is -0.486. The Balaban J connectivity index is 2.48. The zero-order chi connectivity index (χ0) is 13.8. The van der Waals surface area contributed by atoms with Crippen molar-refractivity contribution in [2.24, 2.45) is 7.05 Å². The molecule has 0 bridgehead atoms.